The molecule has 3 N–H and O–H groups in total. The first-order valence-electron chi connectivity index (χ1n) is 4.45. The number of nitrogens with one attached hydrogen (secondary N) is 1. The Bertz CT molecular complexity index is 320. The molecule has 1 rings (SSSR count). The van der Waals surface area contributed by atoms with E-state index in [1.165, 1.54) is 13.3 Å². The molecule has 0 aliphatic carbocycles. The number of ether oxygens (including phenoxy) is 1. The first-order chi connectivity index (χ1) is 6.56. The van der Waals surface area contributed by atoms with Crippen LogP contribution >= 0.6 is 0 Å². The summed E-state index contributed by atoms with van der Waals surface area (Å²) in [6.07, 6.45) is 1.43. The second-order valence-electron chi connectivity index (χ2n) is 3.44. The van der Waals surface area contributed by atoms with Crippen molar-refractivity contribution in [2.45, 2.75) is 19.9 Å². The molecule has 0 radical (unpaired) electrons. The van der Waals surface area contributed by atoms with Gasteiger partial charge in [0.25, 0.3) is 0 Å². The maximum Gasteiger partial charge on any atom is 0.356 e. The lowest BCUT2D eigenvalue weighted by atomic mass is 10.1. The molecule has 0 aliphatic rings. The number of nitrogens with zero attached hydrogens (tertiary/aromatic N) is 1. The van der Waals surface area contributed by atoms with Gasteiger partial charge in [-0.05, 0) is 5.92 Å². The van der Waals surface area contributed by atoms with E-state index in [9.17, 15) is 4.79 Å². The van der Waals surface area contributed by atoms with Crippen molar-refractivity contribution in [3.63, 3.8) is 0 Å². The summed E-state index contributed by atoms with van der Waals surface area (Å²) in [7, 11) is 1.32. The number of methoxy groups -OCH3 is 1. The second kappa shape index (κ2) is 4.23. The summed E-state index contributed by atoms with van der Waals surface area (Å²) in [6, 6.07) is -0.187. The third kappa shape index (κ3) is 2.11. The summed E-state index contributed by atoms with van der Waals surface area (Å²) < 4.78 is 4.54. The fourth-order valence-electron chi connectivity index (χ4n) is 1.04. The highest BCUT2D eigenvalue weighted by Gasteiger charge is 2.16. The first-order valence-corrected chi connectivity index (χ1v) is 4.45. The zero-order chi connectivity index (χ0) is 10.7. The monoisotopic (exact) mass is 197 g/mol. The minimum Gasteiger partial charge on any atom is -0.464 e. The van der Waals surface area contributed by atoms with E-state index in [-0.39, 0.29) is 12.0 Å². The zero-order valence-electron chi connectivity index (χ0n) is 8.57. The van der Waals surface area contributed by atoms with Crippen LogP contribution < -0.4 is 5.73 Å². The maximum atomic E-state index is 11.1. The summed E-state index contributed by atoms with van der Waals surface area (Å²) in [6.45, 7) is 3.98. The highest BCUT2D eigenvalue weighted by atomic mass is 16.5. The molecule has 5 heteroatoms. The van der Waals surface area contributed by atoms with Gasteiger partial charge in [-0.25, -0.2) is 9.78 Å². The van der Waals surface area contributed by atoms with E-state index < -0.39 is 5.97 Å². The minimum absolute atomic E-state index is 0.187. The van der Waals surface area contributed by atoms with Crippen LogP contribution in [0.2, 0.25) is 0 Å². The van der Waals surface area contributed by atoms with Crippen LogP contribution in [0.15, 0.2) is 6.20 Å². The first kappa shape index (κ1) is 10.7. The summed E-state index contributed by atoms with van der Waals surface area (Å²) in [5.74, 6) is 0.451. The Morgan fingerprint density at radius 3 is 2.79 bits per heavy atom. The lowest BCUT2D eigenvalue weighted by molar-refractivity contribution is 0.0594. The number of rotatable bonds is 3. The molecule has 14 heavy (non-hydrogen) atoms. The molecule has 0 saturated heterocycles. The molecule has 0 aromatic carbocycles. The number of aromatic nitrogens is 2. The topological polar surface area (TPSA) is 81.0 Å². The van der Waals surface area contributed by atoms with Gasteiger partial charge in [0.05, 0.1) is 19.3 Å². The number of imidazole rings is 1. The van der Waals surface area contributed by atoms with Crippen molar-refractivity contribution in [2.24, 2.45) is 11.7 Å². The number of hydrogen-bond acceptors (Lipinski definition) is 4. The molecule has 0 saturated carbocycles. The van der Waals surface area contributed by atoms with Gasteiger partial charge >= 0.3 is 5.97 Å². The Labute approximate surface area is 82.7 Å². The molecule has 0 amide bonds. The Morgan fingerprint density at radius 2 is 2.29 bits per heavy atom. The molecule has 5 nitrogen and oxygen atoms in total. The molecule has 0 fully saturated rings. The van der Waals surface area contributed by atoms with E-state index in [0.29, 0.717) is 11.5 Å². The van der Waals surface area contributed by atoms with Gasteiger partial charge in [-0.1, -0.05) is 13.8 Å². The SMILES string of the molecule is COC(=O)c1cnc([C@@H](N)C(C)C)[nH]1. The normalized spacial score (nSPS) is 12.9. The lowest BCUT2D eigenvalue weighted by Gasteiger charge is -2.11. The predicted octanol–water partition coefficient (Wildman–Crippen LogP) is 0.852. The molecule has 1 aromatic heterocycles. The van der Waals surface area contributed by atoms with Gasteiger partial charge in [0.2, 0.25) is 0 Å². The van der Waals surface area contributed by atoms with Crippen molar-refractivity contribution < 1.29 is 9.53 Å². The predicted molar refractivity (Wildman–Crippen MR) is 51.7 cm³/mol. The number of hydrogen-bond donors (Lipinski definition) is 2. The number of carbonyl (C=O) groups excluding carboxylic acids is 1. The van der Waals surface area contributed by atoms with Gasteiger partial charge in [-0.2, -0.15) is 0 Å². The van der Waals surface area contributed by atoms with Crippen molar-refractivity contribution >= 4 is 5.97 Å². The van der Waals surface area contributed by atoms with Crippen molar-refractivity contribution in [3.05, 3.63) is 17.7 Å². The number of carbonyl (C=O) groups is 1. The Hall–Kier alpha value is -1.36. The van der Waals surface area contributed by atoms with E-state index in [1.807, 2.05) is 13.8 Å². The second-order valence-corrected chi connectivity index (χ2v) is 3.44. The maximum absolute atomic E-state index is 11.1. The molecule has 0 aliphatic heterocycles. The molecular weight excluding hydrogens is 182 g/mol. The Morgan fingerprint density at radius 1 is 1.64 bits per heavy atom. The molecular formula is C9H15N3O2. The highest BCUT2D eigenvalue weighted by Crippen LogP contribution is 2.15. The van der Waals surface area contributed by atoms with E-state index in [4.69, 9.17) is 5.73 Å². The summed E-state index contributed by atoms with van der Waals surface area (Å²) in [5.41, 5.74) is 6.18. The summed E-state index contributed by atoms with van der Waals surface area (Å²) in [5, 5.41) is 0. The average Bonchev–Trinajstić information content (AvgIpc) is 2.64. The fourth-order valence-corrected chi connectivity index (χ4v) is 1.04. The van der Waals surface area contributed by atoms with E-state index >= 15 is 0 Å². The van der Waals surface area contributed by atoms with Gasteiger partial charge in [0, 0.05) is 0 Å². The molecule has 0 unspecified atom stereocenters. The summed E-state index contributed by atoms with van der Waals surface area (Å²) >= 11 is 0. The van der Waals surface area contributed by atoms with E-state index in [1.54, 1.807) is 0 Å². The molecule has 1 heterocycles. The quantitative estimate of drug-likeness (QED) is 0.704. The van der Waals surface area contributed by atoms with Crippen LogP contribution in [0, 0.1) is 5.92 Å². The van der Waals surface area contributed by atoms with Crippen LogP contribution in [-0.4, -0.2) is 23.0 Å². The number of aromatic amines is 1. The van der Waals surface area contributed by atoms with Gasteiger partial charge in [-0.15, -0.1) is 0 Å². The molecule has 0 spiro atoms. The van der Waals surface area contributed by atoms with Crippen molar-refractivity contribution in [3.8, 4) is 0 Å². The number of H-pyrrole nitrogens is 1. The fraction of sp³-hybridized carbons (Fsp3) is 0.556. The van der Waals surface area contributed by atoms with Gasteiger partial charge in [0.15, 0.2) is 0 Å². The Kier molecular flexibility index (Phi) is 3.24. The number of nitrogens with two attached hydrogens (primary N) is 1. The van der Waals surface area contributed by atoms with Crippen LogP contribution in [0.4, 0.5) is 0 Å². The van der Waals surface area contributed by atoms with E-state index in [0.717, 1.165) is 0 Å². The standard InChI is InChI=1S/C9H15N3O2/c1-5(2)7(10)8-11-4-6(12-8)9(13)14-3/h4-5,7H,10H2,1-3H3,(H,11,12)/t7-/m0/s1. The number of esters is 1. The zero-order valence-corrected chi connectivity index (χ0v) is 8.57. The van der Waals surface area contributed by atoms with Crippen LogP contribution in [0.25, 0.3) is 0 Å². The van der Waals surface area contributed by atoms with Gasteiger partial charge in [0.1, 0.15) is 11.5 Å². The van der Waals surface area contributed by atoms with E-state index in [2.05, 4.69) is 14.7 Å². The smallest absolute Gasteiger partial charge is 0.356 e. The van der Waals surface area contributed by atoms with Gasteiger partial charge in [-0.3, -0.25) is 0 Å². The molecule has 78 valence electrons. The van der Waals surface area contributed by atoms with Crippen molar-refractivity contribution in [1.29, 1.82) is 0 Å². The van der Waals surface area contributed by atoms with Crippen LogP contribution in [0.3, 0.4) is 0 Å². The van der Waals surface area contributed by atoms with Crippen molar-refractivity contribution in [1.82, 2.24) is 9.97 Å². The van der Waals surface area contributed by atoms with Crippen molar-refractivity contribution in [2.75, 3.05) is 7.11 Å². The third-order valence-electron chi connectivity index (χ3n) is 2.03. The van der Waals surface area contributed by atoms with Crippen LogP contribution in [-0.2, 0) is 4.74 Å². The molecule has 1 atom stereocenters. The molecule has 1 aromatic rings. The minimum atomic E-state index is -0.431. The lowest BCUT2D eigenvalue weighted by Crippen LogP contribution is -2.18. The highest BCUT2D eigenvalue weighted by molar-refractivity contribution is 5.86. The molecule has 0 bridgehead atoms. The summed E-state index contributed by atoms with van der Waals surface area (Å²) in [4.78, 5) is 17.9. The average molecular weight is 197 g/mol. The Balaban J connectivity index is 2.82. The van der Waals surface area contributed by atoms with Gasteiger partial charge < -0.3 is 15.5 Å². The van der Waals surface area contributed by atoms with Crippen LogP contribution in [0.5, 0.6) is 0 Å². The third-order valence-corrected chi connectivity index (χ3v) is 2.03. The van der Waals surface area contributed by atoms with Crippen LogP contribution in [0.1, 0.15) is 36.2 Å². The largest absolute Gasteiger partial charge is 0.464 e.